The highest BCUT2D eigenvalue weighted by molar-refractivity contribution is 4.68. The molecule has 0 heterocycles. The summed E-state index contributed by atoms with van der Waals surface area (Å²) in [5.74, 6) is 0. The van der Waals surface area contributed by atoms with Gasteiger partial charge < -0.3 is 4.74 Å². The lowest BCUT2D eigenvalue weighted by molar-refractivity contribution is -0.176. The van der Waals surface area contributed by atoms with Crippen molar-refractivity contribution in [2.45, 2.75) is 52.7 Å². The van der Waals surface area contributed by atoms with E-state index in [2.05, 4.69) is 41.5 Å². The summed E-state index contributed by atoms with van der Waals surface area (Å²) in [6.45, 7) is 12.4. The molecule has 11 heavy (non-hydrogen) atoms. The SMILES string of the molecule is CC(C)(C)OC(C)(C)C.OO. The van der Waals surface area contributed by atoms with Gasteiger partial charge >= 0.3 is 0 Å². The molecule has 0 saturated carbocycles. The van der Waals surface area contributed by atoms with Gasteiger partial charge in [-0.3, -0.25) is 10.5 Å². The largest absolute Gasteiger partial charge is 0.370 e. The van der Waals surface area contributed by atoms with Crippen molar-refractivity contribution in [2.24, 2.45) is 0 Å². The molecule has 0 spiro atoms. The van der Waals surface area contributed by atoms with Gasteiger partial charge in [-0.1, -0.05) is 0 Å². The molecule has 0 aliphatic rings. The van der Waals surface area contributed by atoms with Crippen LogP contribution in [0.3, 0.4) is 0 Å². The number of ether oxygens (including phenoxy) is 1. The molecule has 0 bridgehead atoms. The third-order valence-electron chi connectivity index (χ3n) is 0.612. The molecule has 0 aliphatic heterocycles. The average molecular weight is 164 g/mol. The molecular formula is C8H20O3. The van der Waals surface area contributed by atoms with Crippen LogP contribution in [0.1, 0.15) is 41.5 Å². The van der Waals surface area contributed by atoms with Gasteiger partial charge in [-0.2, -0.15) is 0 Å². The Labute approximate surface area is 68.9 Å². The zero-order valence-electron chi connectivity index (χ0n) is 8.30. The third kappa shape index (κ3) is 17.7. The van der Waals surface area contributed by atoms with E-state index in [4.69, 9.17) is 15.3 Å². The Hall–Kier alpha value is -0.120. The predicted octanol–water partition coefficient (Wildman–Crippen LogP) is 2.62. The summed E-state index contributed by atoms with van der Waals surface area (Å²) in [5.41, 5.74) is -0.0312. The molecule has 0 atom stereocenters. The highest BCUT2D eigenvalue weighted by Crippen LogP contribution is 2.17. The zero-order chi connectivity index (χ0) is 9.71. The minimum atomic E-state index is -0.0156. The van der Waals surface area contributed by atoms with Gasteiger partial charge in [0.05, 0.1) is 11.2 Å². The molecule has 0 fully saturated rings. The Balaban J connectivity index is 0. The molecule has 70 valence electrons. The lowest BCUT2D eigenvalue weighted by Gasteiger charge is -2.30. The molecule has 0 aromatic heterocycles. The van der Waals surface area contributed by atoms with Gasteiger partial charge in [-0.15, -0.1) is 0 Å². The smallest absolute Gasteiger partial charge is 0.0605 e. The Kier molecular flexibility index (Phi) is 5.75. The molecule has 3 nitrogen and oxygen atoms in total. The highest BCUT2D eigenvalue weighted by atomic mass is 17.0. The third-order valence-corrected chi connectivity index (χ3v) is 0.612. The minimum Gasteiger partial charge on any atom is -0.370 e. The van der Waals surface area contributed by atoms with Crippen molar-refractivity contribution in [3.63, 3.8) is 0 Å². The minimum absolute atomic E-state index is 0.0156. The van der Waals surface area contributed by atoms with Crippen molar-refractivity contribution in [1.29, 1.82) is 0 Å². The molecule has 0 amide bonds. The van der Waals surface area contributed by atoms with Crippen LogP contribution in [-0.2, 0) is 4.74 Å². The second kappa shape index (κ2) is 4.70. The van der Waals surface area contributed by atoms with Gasteiger partial charge in [0.1, 0.15) is 0 Å². The first-order valence-corrected chi connectivity index (χ1v) is 3.61. The lowest BCUT2D eigenvalue weighted by atomic mass is 10.1. The highest BCUT2D eigenvalue weighted by Gasteiger charge is 2.19. The second-order valence-corrected chi connectivity index (χ2v) is 4.33. The molecule has 0 aliphatic carbocycles. The van der Waals surface area contributed by atoms with Gasteiger partial charge in [0.15, 0.2) is 0 Å². The maximum Gasteiger partial charge on any atom is 0.0605 e. The summed E-state index contributed by atoms with van der Waals surface area (Å²) in [7, 11) is 0. The standard InChI is InChI=1S/C8H18O.H2O2/c1-7(2,3)9-8(4,5)6;1-2/h1-6H3;1-2H. The first-order valence-electron chi connectivity index (χ1n) is 3.61. The van der Waals surface area contributed by atoms with Crippen LogP contribution in [0.5, 0.6) is 0 Å². The van der Waals surface area contributed by atoms with Crippen molar-refractivity contribution in [1.82, 2.24) is 0 Å². The molecule has 0 aromatic rings. The van der Waals surface area contributed by atoms with Gasteiger partial charge in [0.2, 0.25) is 0 Å². The molecule has 2 N–H and O–H groups in total. The molecule has 0 unspecified atom stereocenters. The van der Waals surface area contributed by atoms with Crippen LogP contribution in [0.15, 0.2) is 0 Å². The maximum atomic E-state index is 6.00. The molecule has 0 aromatic carbocycles. The topological polar surface area (TPSA) is 49.7 Å². The van der Waals surface area contributed by atoms with E-state index in [-0.39, 0.29) is 11.2 Å². The van der Waals surface area contributed by atoms with Gasteiger partial charge in [-0.25, -0.2) is 0 Å². The molecule has 0 radical (unpaired) electrons. The predicted molar refractivity (Wildman–Crippen MR) is 45.8 cm³/mol. The molecular weight excluding hydrogens is 144 g/mol. The van der Waals surface area contributed by atoms with Crippen molar-refractivity contribution >= 4 is 0 Å². The summed E-state index contributed by atoms with van der Waals surface area (Å²) >= 11 is 0. The van der Waals surface area contributed by atoms with Crippen molar-refractivity contribution in [3.8, 4) is 0 Å². The number of rotatable bonds is 0. The molecule has 0 saturated heterocycles. The van der Waals surface area contributed by atoms with E-state index < -0.39 is 0 Å². The van der Waals surface area contributed by atoms with Crippen LogP contribution < -0.4 is 0 Å². The normalized spacial score (nSPS) is 12.0. The molecule has 0 rings (SSSR count). The van der Waals surface area contributed by atoms with Gasteiger partial charge in [-0.05, 0) is 41.5 Å². The average Bonchev–Trinajstić information content (AvgIpc) is 1.60. The first kappa shape index (κ1) is 13.5. The first-order chi connectivity index (χ1) is 4.71. The summed E-state index contributed by atoms with van der Waals surface area (Å²) in [5, 5.41) is 12.0. The van der Waals surface area contributed by atoms with Crippen LogP contribution in [-0.4, -0.2) is 21.7 Å². The number of hydrogen-bond acceptors (Lipinski definition) is 3. The van der Waals surface area contributed by atoms with Crippen LogP contribution in [0.4, 0.5) is 0 Å². The zero-order valence-corrected chi connectivity index (χ0v) is 8.30. The summed E-state index contributed by atoms with van der Waals surface area (Å²) in [4.78, 5) is 0. The van der Waals surface area contributed by atoms with Crippen LogP contribution in [0, 0.1) is 0 Å². The van der Waals surface area contributed by atoms with Crippen molar-refractivity contribution in [3.05, 3.63) is 0 Å². The van der Waals surface area contributed by atoms with Crippen LogP contribution in [0.2, 0.25) is 0 Å². The van der Waals surface area contributed by atoms with E-state index in [1.54, 1.807) is 0 Å². The fraction of sp³-hybridized carbons (Fsp3) is 1.00. The maximum absolute atomic E-state index is 6.00. The number of hydrogen-bond donors (Lipinski definition) is 2. The second-order valence-electron chi connectivity index (χ2n) is 4.33. The Morgan fingerprint density at radius 2 is 0.909 bits per heavy atom. The quantitative estimate of drug-likeness (QED) is 0.427. The Bertz CT molecular complexity index is 74.5. The summed E-state index contributed by atoms with van der Waals surface area (Å²) < 4.78 is 5.62. The fourth-order valence-corrected chi connectivity index (χ4v) is 0.919. The van der Waals surface area contributed by atoms with Crippen LogP contribution in [0.25, 0.3) is 0 Å². The van der Waals surface area contributed by atoms with Crippen LogP contribution >= 0.6 is 0 Å². The lowest BCUT2D eigenvalue weighted by Crippen LogP contribution is -2.31. The monoisotopic (exact) mass is 164 g/mol. The molecule has 3 heteroatoms. The van der Waals surface area contributed by atoms with Crippen molar-refractivity contribution < 1.29 is 15.3 Å². The van der Waals surface area contributed by atoms with E-state index in [0.717, 1.165) is 0 Å². The van der Waals surface area contributed by atoms with E-state index in [1.165, 1.54) is 0 Å². The van der Waals surface area contributed by atoms with E-state index in [0.29, 0.717) is 0 Å². The Morgan fingerprint density at radius 1 is 0.727 bits per heavy atom. The van der Waals surface area contributed by atoms with E-state index >= 15 is 0 Å². The van der Waals surface area contributed by atoms with Gasteiger partial charge in [0, 0.05) is 0 Å². The van der Waals surface area contributed by atoms with E-state index in [9.17, 15) is 0 Å². The summed E-state index contributed by atoms with van der Waals surface area (Å²) in [6.07, 6.45) is 0. The summed E-state index contributed by atoms with van der Waals surface area (Å²) in [6, 6.07) is 0. The Morgan fingerprint density at radius 3 is 0.909 bits per heavy atom. The van der Waals surface area contributed by atoms with Crippen molar-refractivity contribution in [2.75, 3.05) is 0 Å². The van der Waals surface area contributed by atoms with E-state index in [1.807, 2.05) is 0 Å². The fourth-order valence-electron chi connectivity index (χ4n) is 0.919. The van der Waals surface area contributed by atoms with Gasteiger partial charge in [0.25, 0.3) is 0 Å².